The van der Waals surface area contributed by atoms with Crippen LogP contribution < -0.4 is 5.32 Å². The zero-order valence-corrected chi connectivity index (χ0v) is 18.3. The van der Waals surface area contributed by atoms with Crippen LogP contribution in [0.4, 0.5) is 4.39 Å². The summed E-state index contributed by atoms with van der Waals surface area (Å²) in [6, 6.07) is 10.8. The predicted octanol–water partition coefficient (Wildman–Crippen LogP) is 3.50. The van der Waals surface area contributed by atoms with E-state index in [1.165, 1.54) is 16.4 Å². The molecule has 0 atom stereocenters. The molecule has 0 saturated heterocycles. The second kappa shape index (κ2) is 8.57. The van der Waals surface area contributed by atoms with Gasteiger partial charge in [0.05, 0.1) is 11.3 Å². The molecule has 3 aromatic rings. The number of carbonyl (C=O) groups is 1. The fourth-order valence-corrected chi connectivity index (χ4v) is 4.60. The van der Waals surface area contributed by atoms with Crippen LogP contribution in [0.25, 0.3) is 10.9 Å². The van der Waals surface area contributed by atoms with Gasteiger partial charge in [-0.3, -0.25) is 4.79 Å². The number of amides is 1. The van der Waals surface area contributed by atoms with Gasteiger partial charge >= 0.3 is 0 Å². The normalized spacial score (nSPS) is 12.1. The lowest BCUT2D eigenvalue weighted by Gasteiger charge is -2.21. The minimum absolute atomic E-state index is 0.126. The van der Waals surface area contributed by atoms with Gasteiger partial charge in [-0.05, 0) is 62.2 Å². The van der Waals surface area contributed by atoms with Crippen molar-refractivity contribution in [3.05, 3.63) is 65.1 Å². The SMILES string of the molecule is Cc1[nH]c2ccc(F)cc2c1CC(=O)NCc1ccc(S(=O)(=O)N(C)C(C)C)cc1. The maximum atomic E-state index is 13.6. The lowest BCUT2D eigenvalue weighted by molar-refractivity contribution is -0.120. The smallest absolute Gasteiger partial charge is 0.243 e. The molecule has 2 aromatic carbocycles. The standard InChI is InChI=1S/C22H26FN3O3S/c1-14(2)26(4)30(28,29)18-8-5-16(6-9-18)13-24-22(27)12-19-15(3)25-21-10-7-17(23)11-20(19)21/h5-11,14,25H,12-13H2,1-4H3,(H,24,27). The molecule has 160 valence electrons. The average molecular weight is 432 g/mol. The minimum atomic E-state index is -3.54. The quantitative estimate of drug-likeness (QED) is 0.601. The summed E-state index contributed by atoms with van der Waals surface area (Å²) in [4.78, 5) is 15.8. The van der Waals surface area contributed by atoms with Crippen molar-refractivity contribution in [2.75, 3.05) is 7.05 Å². The van der Waals surface area contributed by atoms with E-state index in [9.17, 15) is 17.6 Å². The van der Waals surface area contributed by atoms with E-state index in [-0.39, 0.29) is 35.6 Å². The molecule has 0 aliphatic rings. The van der Waals surface area contributed by atoms with E-state index in [1.807, 2.05) is 20.8 Å². The Kier molecular flexibility index (Phi) is 6.28. The maximum Gasteiger partial charge on any atom is 0.243 e. The van der Waals surface area contributed by atoms with Crippen molar-refractivity contribution in [3.63, 3.8) is 0 Å². The molecule has 1 aromatic heterocycles. The van der Waals surface area contributed by atoms with Gasteiger partial charge in [-0.1, -0.05) is 12.1 Å². The van der Waals surface area contributed by atoms with Crippen molar-refractivity contribution in [2.45, 2.75) is 44.7 Å². The van der Waals surface area contributed by atoms with Crippen LogP contribution in [0.2, 0.25) is 0 Å². The van der Waals surface area contributed by atoms with Crippen LogP contribution in [0.15, 0.2) is 47.4 Å². The van der Waals surface area contributed by atoms with Crippen LogP contribution in [-0.2, 0) is 27.8 Å². The minimum Gasteiger partial charge on any atom is -0.358 e. The fraction of sp³-hybridized carbons (Fsp3) is 0.318. The Hall–Kier alpha value is -2.71. The number of H-pyrrole nitrogens is 1. The molecule has 1 amide bonds. The molecule has 30 heavy (non-hydrogen) atoms. The Morgan fingerprint density at radius 3 is 2.47 bits per heavy atom. The second-order valence-electron chi connectivity index (χ2n) is 7.63. The first-order valence-electron chi connectivity index (χ1n) is 9.70. The molecule has 1 heterocycles. The number of aromatic amines is 1. The number of fused-ring (bicyclic) bond motifs is 1. The molecular formula is C22H26FN3O3S. The first-order chi connectivity index (χ1) is 14.1. The number of nitrogens with zero attached hydrogens (tertiary/aromatic N) is 1. The summed E-state index contributed by atoms with van der Waals surface area (Å²) >= 11 is 0. The molecule has 0 saturated carbocycles. The van der Waals surface area contributed by atoms with Crippen molar-refractivity contribution in [3.8, 4) is 0 Å². The molecule has 0 spiro atoms. The number of hydrogen-bond acceptors (Lipinski definition) is 3. The Morgan fingerprint density at radius 1 is 1.17 bits per heavy atom. The summed E-state index contributed by atoms with van der Waals surface area (Å²) in [5.74, 6) is -0.541. The van der Waals surface area contributed by atoms with Crippen molar-refractivity contribution in [2.24, 2.45) is 0 Å². The summed E-state index contributed by atoms with van der Waals surface area (Å²) in [7, 11) is -1.99. The van der Waals surface area contributed by atoms with Gasteiger partial charge in [0, 0.05) is 36.2 Å². The van der Waals surface area contributed by atoms with Gasteiger partial charge in [-0.25, -0.2) is 12.8 Å². The third kappa shape index (κ3) is 4.55. The van der Waals surface area contributed by atoms with Crippen LogP contribution in [0, 0.1) is 12.7 Å². The molecule has 0 fully saturated rings. The average Bonchev–Trinajstić information content (AvgIpc) is 3.00. The number of rotatable bonds is 7. The van der Waals surface area contributed by atoms with Gasteiger partial charge in [0.25, 0.3) is 0 Å². The molecule has 3 rings (SSSR count). The maximum absolute atomic E-state index is 13.6. The summed E-state index contributed by atoms with van der Waals surface area (Å²) in [5, 5.41) is 3.54. The number of carbonyl (C=O) groups excluding carboxylic acids is 1. The number of aryl methyl sites for hydroxylation is 1. The first kappa shape index (κ1) is 22.0. The van der Waals surface area contributed by atoms with Gasteiger partial charge < -0.3 is 10.3 Å². The zero-order chi connectivity index (χ0) is 22.1. The highest BCUT2D eigenvalue weighted by Crippen LogP contribution is 2.23. The molecule has 0 aliphatic heterocycles. The fourth-order valence-electron chi connectivity index (χ4n) is 3.23. The van der Waals surface area contributed by atoms with Gasteiger partial charge in [0.15, 0.2) is 0 Å². The highest BCUT2D eigenvalue weighted by atomic mass is 32.2. The van der Waals surface area contributed by atoms with Gasteiger partial charge in [0.1, 0.15) is 5.82 Å². The van der Waals surface area contributed by atoms with E-state index >= 15 is 0 Å². The number of benzene rings is 2. The molecule has 8 heteroatoms. The van der Waals surface area contributed by atoms with E-state index in [1.54, 1.807) is 37.4 Å². The van der Waals surface area contributed by atoms with Crippen molar-refractivity contribution >= 4 is 26.8 Å². The summed E-state index contributed by atoms with van der Waals surface area (Å²) in [6.07, 6.45) is 0.126. The van der Waals surface area contributed by atoms with Crippen LogP contribution >= 0.6 is 0 Å². The highest BCUT2D eigenvalue weighted by Gasteiger charge is 2.22. The van der Waals surface area contributed by atoms with Crippen LogP contribution in [0.5, 0.6) is 0 Å². The van der Waals surface area contributed by atoms with E-state index in [0.717, 1.165) is 22.3 Å². The Bertz CT molecular complexity index is 1170. The number of nitrogens with one attached hydrogen (secondary N) is 2. The van der Waals surface area contributed by atoms with Crippen molar-refractivity contribution < 1.29 is 17.6 Å². The van der Waals surface area contributed by atoms with E-state index in [4.69, 9.17) is 0 Å². The number of hydrogen-bond donors (Lipinski definition) is 2. The van der Waals surface area contributed by atoms with Crippen LogP contribution in [-0.4, -0.2) is 36.7 Å². The topological polar surface area (TPSA) is 82.3 Å². The zero-order valence-electron chi connectivity index (χ0n) is 17.5. The Labute approximate surface area is 176 Å². The van der Waals surface area contributed by atoms with Gasteiger partial charge in [-0.2, -0.15) is 4.31 Å². The van der Waals surface area contributed by atoms with E-state index in [2.05, 4.69) is 10.3 Å². The molecule has 6 nitrogen and oxygen atoms in total. The van der Waals surface area contributed by atoms with E-state index in [0.29, 0.717) is 5.39 Å². The third-order valence-corrected chi connectivity index (χ3v) is 7.28. The summed E-state index contributed by atoms with van der Waals surface area (Å²) < 4.78 is 39.9. The molecule has 2 N–H and O–H groups in total. The number of halogens is 1. The molecule has 0 unspecified atom stereocenters. The first-order valence-corrected chi connectivity index (χ1v) is 11.1. The highest BCUT2D eigenvalue weighted by molar-refractivity contribution is 7.89. The van der Waals surface area contributed by atoms with Crippen LogP contribution in [0.1, 0.15) is 30.7 Å². The third-order valence-electron chi connectivity index (χ3n) is 5.24. The lowest BCUT2D eigenvalue weighted by Crippen LogP contribution is -2.33. The Morgan fingerprint density at radius 2 is 1.83 bits per heavy atom. The van der Waals surface area contributed by atoms with Crippen LogP contribution in [0.3, 0.4) is 0 Å². The summed E-state index contributed by atoms with van der Waals surface area (Å²) in [6.45, 7) is 5.75. The van der Waals surface area contributed by atoms with Crippen molar-refractivity contribution in [1.29, 1.82) is 0 Å². The summed E-state index contributed by atoms with van der Waals surface area (Å²) in [5.41, 5.74) is 3.17. The molecule has 0 aliphatic carbocycles. The van der Waals surface area contributed by atoms with Gasteiger partial charge in [-0.15, -0.1) is 0 Å². The number of aromatic nitrogens is 1. The monoisotopic (exact) mass is 431 g/mol. The molecule has 0 bridgehead atoms. The van der Waals surface area contributed by atoms with Gasteiger partial charge in [0.2, 0.25) is 15.9 Å². The number of sulfonamides is 1. The van der Waals surface area contributed by atoms with Crippen molar-refractivity contribution in [1.82, 2.24) is 14.6 Å². The lowest BCUT2D eigenvalue weighted by atomic mass is 10.1. The second-order valence-corrected chi connectivity index (χ2v) is 9.63. The molecule has 0 radical (unpaired) electrons. The largest absolute Gasteiger partial charge is 0.358 e. The van der Waals surface area contributed by atoms with E-state index < -0.39 is 10.0 Å². The predicted molar refractivity (Wildman–Crippen MR) is 115 cm³/mol. The molecular weight excluding hydrogens is 405 g/mol. The Balaban J connectivity index is 1.66.